The Hall–Kier alpha value is -0.640. The first-order chi connectivity index (χ1) is 9.01. The number of nitrogens with one attached hydrogen (secondary N) is 1. The molecule has 0 radical (unpaired) electrons. The van der Waals surface area contributed by atoms with E-state index in [9.17, 15) is 0 Å². The molecule has 0 bridgehead atoms. The lowest BCUT2D eigenvalue weighted by Gasteiger charge is -2.35. The molecule has 19 heavy (non-hydrogen) atoms. The summed E-state index contributed by atoms with van der Waals surface area (Å²) in [5.41, 5.74) is 0.884. The first kappa shape index (κ1) is 16.4. The molecule has 0 saturated carbocycles. The normalized spacial score (nSPS) is 13.5. The zero-order valence-electron chi connectivity index (χ0n) is 12.4. The van der Waals surface area contributed by atoms with Gasteiger partial charge in [-0.2, -0.15) is 0 Å². The van der Waals surface area contributed by atoms with Gasteiger partial charge in [0.2, 0.25) is 0 Å². The average Bonchev–Trinajstić information content (AvgIpc) is 2.36. The lowest BCUT2D eigenvalue weighted by Crippen LogP contribution is -2.50. The molecular weight excluding hydrogens is 260 g/mol. The van der Waals surface area contributed by atoms with Crippen LogP contribution in [0, 0.1) is 0 Å². The van der Waals surface area contributed by atoms with Crippen molar-refractivity contribution in [2.75, 3.05) is 13.2 Å². The third-order valence-electron chi connectivity index (χ3n) is 3.28. The number of nitrogens with zero attached hydrogens (tertiary/aromatic N) is 1. The molecule has 3 nitrogen and oxygen atoms in total. The van der Waals surface area contributed by atoms with Gasteiger partial charge in [0.25, 0.3) is 0 Å². The van der Waals surface area contributed by atoms with Crippen molar-refractivity contribution in [2.45, 2.75) is 52.2 Å². The maximum atomic E-state index is 6.20. The van der Waals surface area contributed by atoms with Crippen LogP contribution in [0.3, 0.4) is 0 Å². The Morgan fingerprint density at radius 3 is 2.74 bits per heavy atom. The lowest BCUT2D eigenvalue weighted by atomic mass is 9.92. The molecule has 0 aliphatic rings. The quantitative estimate of drug-likeness (QED) is 0.794. The number of pyridine rings is 1. The van der Waals surface area contributed by atoms with E-state index in [1.54, 1.807) is 12.4 Å². The van der Waals surface area contributed by atoms with Gasteiger partial charge in [-0.3, -0.25) is 4.98 Å². The van der Waals surface area contributed by atoms with E-state index in [2.05, 4.69) is 31.1 Å². The summed E-state index contributed by atoms with van der Waals surface area (Å²) >= 11 is 6.20. The predicted molar refractivity (Wildman–Crippen MR) is 80.7 cm³/mol. The molecule has 0 amide bonds. The van der Waals surface area contributed by atoms with Crippen molar-refractivity contribution in [2.24, 2.45) is 0 Å². The van der Waals surface area contributed by atoms with Crippen LogP contribution < -0.4 is 5.32 Å². The number of ether oxygens (including phenoxy) is 1. The topological polar surface area (TPSA) is 34.2 Å². The van der Waals surface area contributed by atoms with Crippen LogP contribution in [0.2, 0.25) is 5.02 Å². The number of hydrogen-bond donors (Lipinski definition) is 1. The zero-order valence-corrected chi connectivity index (χ0v) is 13.1. The van der Waals surface area contributed by atoms with Crippen molar-refractivity contribution in [1.29, 1.82) is 0 Å². The maximum absolute atomic E-state index is 6.20. The smallest absolute Gasteiger partial charge is 0.0781 e. The van der Waals surface area contributed by atoms with E-state index in [1.807, 2.05) is 13.0 Å². The molecule has 4 heteroatoms. The van der Waals surface area contributed by atoms with Crippen LogP contribution in [0.15, 0.2) is 18.5 Å². The average molecular weight is 285 g/mol. The third-order valence-corrected chi connectivity index (χ3v) is 3.62. The van der Waals surface area contributed by atoms with Crippen molar-refractivity contribution >= 4 is 11.6 Å². The SMILES string of the molecule is CCCNC(Cc1ccncc1Cl)C(C)(C)OCC. The number of aromatic nitrogens is 1. The number of halogens is 1. The van der Waals surface area contributed by atoms with E-state index >= 15 is 0 Å². The molecular formula is C15H25ClN2O. The highest BCUT2D eigenvalue weighted by Crippen LogP contribution is 2.22. The van der Waals surface area contributed by atoms with Crippen molar-refractivity contribution in [3.63, 3.8) is 0 Å². The van der Waals surface area contributed by atoms with Gasteiger partial charge in [0.05, 0.1) is 10.6 Å². The Labute approximate surface area is 121 Å². The van der Waals surface area contributed by atoms with Gasteiger partial charge in [0, 0.05) is 25.0 Å². The summed E-state index contributed by atoms with van der Waals surface area (Å²) in [6.07, 6.45) is 5.42. The molecule has 1 atom stereocenters. The third kappa shape index (κ3) is 5.09. The van der Waals surface area contributed by atoms with E-state index in [0.29, 0.717) is 6.61 Å². The standard InChI is InChI=1S/C15H25ClN2O/c1-5-8-18-14(15(3,4)19-6-2)10-12-7-9-17-11-13(12)16/h7,9,11,14,18H,5-6,8,10H2,1-4H3. The van der Waals surface area contributed by atoms with Crippen LogP contribution in [0.4, 0.5) is 0 Å². The summed E-state index contributed by atoms with van der Waals surface area (Å²) in [5.74, 6) is 0. The van der Waals surface area contributed by atoms with Crippen molar-refractivity contribution in [1.82, 2.24) is 10.3 Å². The lowest BCUT2D eigenvalue weighted by molar-refractivity contribution is -0.0379. The fourth-order valence-corrected chi connectivity index (χ4v) is 2.34. The van der Waals surface area contributed by atoms with Gasteiger partial charge in [-0.05, 0) is 51.8 Å². The molecule has 1 N–H and O–H groups in total. The Morgan fingerprint density at radius 2 is 2.16 bits per heavy atom. The Kier molecular flexibility index (Phi) is 6.76. The van der Waals surface area contributed by atoms with Crippen LogP contribution in [0.25, 0.3) is 0 Å². The minimum atomic E-state index is -0.226. The molecule has 108 valence electrons. The van der Waals surface area contributed by atoms with Crippen LogP contribution in [0.5, 0.6) is 0 Å². The fourth-order valence-electron chi connectivity index (χ4n) is 2.14. The summed E-state index contributed by atoms with van der Waals surface area (Å²) in [4.78, 5) is 4.03. The van der Waals surface area contributed by atoms with Crippen LogP contribution in [-0.4, -0.2) is 29.8 Å². The van der Waals surface area contributed by atoms with Gasteiger partial charge < -0.3 is 10.1 Å². The Morgan fingerprint density at radius 1 is 1.42 bits per heavy atom. The number of hydrogen-bond acceptors (Lipinski definition) is 3. The largest absolute Gasteiger partial charge is 0.374 e. The second kappa shape index (κ2) is 7.83. The molecule has 1 heterocycles. The molecule has 0 saturated heterocycles. The zero-order chi connectivity index (χ0) is 14.3. The molecule has 0 aliphatic carbocycles. The van der Waals surface area contributed by atoms with E-state index in [1.165, 1.54) is 0 Å². The summed E-state index contributed by atoms with van der Waals surface area (Å²) in [7, 11) is 0. The van der Waals surface area contributed by atoms with Gasteiger partial charge in [-0.25, -0.2) is 0 Å². The number of rotatable bonds is 8. The molecule has 0 aromatic carbocycles. The first-order valence-electron chi connectivity index (χ1n) is 6.97. The fraction of sp³-hybridized carbons (Fsp3) is 0.667. The van der Waals surface area contributed by atoms with Crippen LogP contribution in [0.1, 0.15) is 39.7 Å². The molecule has 1 aromatic heterocycles. The van der Waals surface area contributed by atoms with Crippen LogP contribution >= 0.6 is 11.6 Å². The summed E-state index contributed by atoms with van der Waals surface area (Å²) < 4.78 is 5.88. The predicted octanol–water partition coefficient (Wildman–Crippen LogP) is 3.46. The van der Waals surface area contributed by atoms with E-state index in [4.69, 9.17) is 16.3 Å². The van der Waals surface area contributed by atoms with Crippen molar-refractivity contribution in [3.8, 4) is 0 Å². The van der Waals surface area contributed by atoms with E-state index < -0.39 is 0 Å². The van der Waals surface area contributed by atoms with Gasteiger partial charge in [0.15, 0.2) is 0 Å². The molecule has 0 aliphatic heterocycles. The van der Waals surface area contributed by atoms with Gasteiger partial charge >= 0.3 is 0 Å². The van der Waals surface area contributed by atoms with E-state index in [-0.39, 0.29) is 11.6 Å². The highest BCUT2D eigenvalue weighted by atomic mass is 35.5. The summed E-state index contributed by atoms with van der Waals surface area (Å²) in [6.45, 7) is 10.1. The molecule has 0 fully saturated rings. The van der Waals surface area contributed by atoms with Crippen molar-refractivity contribution < 1.29 is 4.74 Å². The molecule has 0 spiro atoms. The maximum Gasteiger partial charge on any atom is 0.0781 e. The molecule has 1 unspecified atom stereocenters. The highest BCUT2D eigenvalue weighted by molar-refractivity contribution is 6.31. The second-order valence-electron chi connectivity index (χ2n) is 5.21. The Balaban J connectivity index is 2.82. The van der Waals surface area contributed by atoms with E-state index in [0.717, 1.165) is 30.0 Å². The Bertz CT molecular complexity index is 382. The van der Waals surface area contributed by atoms with Crippen LogP contribution in [-0.2, 0) is 11.2 Å². The highest BCUT2D eigenvalue weighted by Gasteiger charge is 2.30. The summed E-state index contributed by atoms with van der Waals surface area (Å²) in [5, 5.41) is 4.29. The molecule has 1 rings (SSSR count). The minimum Gasteiger partial charge on any atom is -0.374 e. The first-order valence-corrected chi connectivity index (χ1v) is 7.34. The van der Waals surface area contributed by atoms with Gasteiger partial charge in [-0.1, -0.05) is 18.5 Å². The monoisotopic (exact) mass is 284 g/mol. The second-order valence-corrected chi connectivity index (χ2v) is 5.62. The minimum absolute atomic E-state index is 0.226. The molecule has 1 aromatic rings. The van der Waals surface area contributed by atoms with Gasteiger partial charge in [-0.15, -0.1) is 0 Å². The van der Waals surface area contributed by atoms with Crippen molar-refractivity contribution in [3.05, 3.63) is 29.0 Å². The van der Waals surface area contributed by atoms with Gasteiger partial charge in [0.1, 0.15) is 0 Å². The summed E-state index contributed by atoms with van der Waals surface area (Å²) in [6, 6.07) is 2.21.